The molecule has 2 aliphatic rings. The number of hydrogen-bond acceptors (Lipinski definition) is 4. The standard InChI is InChI=1S/C42H25N3O2/c1-6-17-34-30(12-1)38-26-20-21-28-25-11-3-8-19-37(25)46-40(28)29(26)22-23-35(38)45(34)42-39(43-32-15-4-5-16-33(32)44-42)31-14-9-13-27-24-10-2-7-18-36(24)47-41(27)31/h1-23,32,43H. The molecular weight excluding hydrogens is 578 g/mol. The average Bonchev–Trinajstić information content (AvgIpc) is 3.81. The minimum absolute atomic E-state index is 0.0475. The van der Waals surface area contributed by atoms with E-state index in [2.05, 4.69) is 125 Å². The monoisotopic (exact) mass is 603 g/mol. The van der Waals surface area contributed by atoms with Crippen molar-refractivity contribution in [2.24, 2.45) is 4.99 Å². The summed E-state index contributed by atoms with van der Waals surface area (Å²) in [6.07, 6.45) is 8.38. The summed E-state index contributed by atoms with van der Waals surface area (Å²) in [6, 6.07) is 40.3. The Labute approximate surface area is 268 Å². The van der Waals surface area contributed by atoms with E-state index in [-0.39, 0.29) is 6.04 Å². The van der Waals surface area contributed by atoms with Gasteiger partial charge in [0, 0.05) is 43.3 Å². The fourth-order valence-corrected chi connectivity index (χ4v) is 7.75. The van der Waals surface area contributed by atoms with Crippen molar-refractivity contribution in [3.8, 4) is 0 Å². The molecule has 1 aliphatic heterocycles. The summed E-state index contributed by atoms with van der Waals surface area (Å²) < 4.78 is 15.4. The average molecular weight is 604 g/mol. The first-order valence-electron chi connectivity index (χ1n) is 15.9. The minimum atomic E-state index is -0.0475. The smallest absolute Gasteiger partial charge is 0.162 e. The Hall–Kier alpha value is -6.33. The molecule has 4 heterocycles. The zero-order chi connectivity index (χ0) is 30.6. The second-order valence-electron chi connectivity index (χ2n) is 12.3. The number of hydrogen-bond donors (Lipinski definition) is 1. The Morgan fingerprint density at radius 2 is 1.21 bits per heavy atom. The maximum absolute atomic E-state index is 6.56. The normalized spacial score (nSPS) is 16.3. The molecule has 0 bridgehead atoms. The van der Waals surface area contributed by atoms with E-state index in [4.69, 9.17) is 13.8 Å². The molecule has 1 atom stereocenters. The molecule has 6 aromatic carbocycles. The fourth-order valence-electron chi connectivity index (χ4n) is 7.75. The van der Waals surface area contributed by atoms with Crippen LogP contribution in [0.3, 0.4) is 0 Å². The number of allylic oxidation sites excluding steroid dienone is 2. The highest BCUT2D eigenvalue weighted by Gasteiger charge is 2.29. The lowest BCUT2D eigenvalue weighted by molar-refractivity contribution is 0.666. The Morgan fingerprint density at radius 1 is 0.553 bits per heavy atom. The zero-order valence-corrected chi connectivity index (χ0v) is 25.1. The topological polar surface area (TPSA) is 55.6 Å². The third-order valence-electron chi connectivity index (χ3n) is 9.82. The summed E-state index contributed by atoms with van der Waals surface area (Å²) in [6.45, 7) is 0. The van der Waals surface area contributed by atoms with Crippen LogP contribution in [-0.4, -0.2) is 16.3 Å². The van der Waals surface area contributed by atoms with Gasteiger partial charge in [0.1, 0.15) is 22.3 Å². The Bertz CT molecular complexity index is 2940. The molecule has 5 nitrogen and oxygen atoms in total. The second-order valence-corrected chi connectivity index (χ2v) is 12.3. The van der Waals surface area contributed by atoms with Crippen LogP contribution in [0.2, 0.25) is 0 Å². The summed E-state index contributed by atoms with van der Waals surface area (Å²) in [5.41, 5.74) is 8.59. The van der Waals surface area contributed by atoms with E-state index in [1.165, 1.54) is 10.8 Å². The molecule has 1 unspecified atom stereocenters. The van der Waals surface area contributed by atoms with Gasteiger partial charge in [0.15, 0.2) is 5.82 Å². The van der Waals surface area contributed by atoms with E-state index in [9.17, 15) is 0 Å². The first-order valence-corrected chi connectivity index (χ1v) is 15.9. The van der Waals surface area contributed by atoms with Crippen LogP contribution >= 0.6 is 0 Å². The SMILES string of the molecule is C1=CC2=NC(n3c4ccccc4c4c5ccc6c7ccccc7oc6c5ccc43)=C(c3cccc4c3oc3ccccc34)NC2C=C1. The molecule has 220 valence electrons. The van der Waals surface area contributed by atoms with Gasteiger partial charge in [-0.3, -0.25) is 4.57 Å². The third-order valence-corrected chi connectivity index (χ3v) is 9.82. The maximum atomic E-state index is 6.56. The molecule has 3 aromatic heterocycles. The van der Waals surface area contributed by atoms with Gasteiger partial charge in [-0.05, 0) is 53.9 Å². The summed E-state index contributed by atoms with van der Waals surface area (Å²) in [7, 11) is 0. The number of benzene rings is 6. The van der Waals surface area contributed by atoms with Crippen LogP contribution in [0.25, 0.3) is 88.0 Å². The lowest BCUT2D eigenvalue weighted by Crippen LogP contribution is -2.38. The predicted octanol–water partition coefficient (Wildman–Crippen LogP) is 10.6. The molecule has 0 saturated heterocycles. The summed E-state index contributed by atoms with van der Waals surface area (Å²) in [5, 5.41) is 12.9. The molecular formula is C42H25N3O2. The summed E-state index contributed by atoms with van der Waals surface area (Å²) >= 11 is 0. The maximum Gasteiger partial charge on any atom is 0.162 e. The van der Waals surface area contributed by atoms with Crippen LogP contribution in [0.5, 0.6) is 0 Å². The van der Waals surface area contributed by atoms with Gasteiger partial charge >= 0.3 is 0 Å². The van der Waals surface area contributed by atoms with Gasteiger partial charge in [0.25, 0.3) is 0 Å². The van der Waals surface area contributed by atoms with E-state index in [1.54, 1.807) is 0 Å². The minimum Gasteiger partial charge on any atom is -0.455 e. The zero-order valence-electron chi connectivity index (χ0n) is 25.1. The van der Waals surface area contributed by atoms with Crippen molar-refractivity contribution in [1.82, 2.24) is 9.88 Å². The van der Waals surface area contributed by atoms with Crippen LogP contribution < -0.4 is 5.32 Å². The van der Waals surface area contributed by atoms with Crippen molar-refractivity contribution in [3.05, 3.63) is 145 Å². The molecule has 1 N–H and O–H groups in total. The number of nitrogens with one attached hydrogen (secondary N) is 1. The van der Waals surface area contributed by atoms with Gasteiger partial charge in [0.05, 0.1) is 28.5 Å². The van der Waals surface area contributed by atoms with Crippen molar-refractivity contribution in [2.45, 2.75) is 6.04 Å². The second kappa shape index (κ2) is 9.12. The highest BCUT2D eigenvalue weighted by atomic mass is 16.3. The quantitative estimate of drug-likeness (QED) is 0.214. The Morgan fingerprint density at radius 3 is 2.06 bits per heavy atom. The largest absolute Gasteiger partial charge is 0.455 e. The van der Waals surface area contributed by atoms with Crippen molar-refractivity contribution >= 4 is 93.7 Å². The molecule has 0 saturated carbocycles. The van der Waals surface area contributed by atoms with Gasteiger partial charge < -0.3 is 14.2 Å². The third kappa shape index (κ3) is 3.35. The molecule has 0 amide bonds. The van der Waals surface area contributed by atoms with Crippen molar-refractivity contribution in [1.29, 1.82) is 0 Å². The fraction of sp³-hybridized carbons (Fsp3) is 0.0238. The van der Waals surface area contributed by atoms with E-state index >= 15 is 0 Å². The molecule has 11 rings (SSSR count). The predicted molar refractivity (Wildman–Crippen MR) is 194 cm³/mol. The Balaban J connectivity index is 1.27. The van der Waals surface area contributed by atoms with Gasteiger partial charge in [-0.1, -0.05) is 91.0 Å². The van der Waals surface area contributed by atoms with E-state index < -0.39 is 0 Å². The number of aliphatic imine (C=N–C) groups is 1. The molecule has 0 fully saturated rings. The molecule has 9 aromatic rings. The number of aromatic nitrogens is 1. The first-order chi connectivity index (χ1) is 23.3. The highest BCUT2D eigenvalue weighted by Crippen LogP contribution is 2.43. The van der Waals surface area contributed by atoms with Crippen LogP contribution in [0.1, 0.15) is 5.56 Å². The number of fused-ring (bicyclic) bond motifs is 13. The van der Waals surface area contributed by atoms with Gasteiger partial charge in [-0.25, -0.2) is 4.99 Å². The van der Waals surface area contributed by atoms with Crippen LogP contribution in [0, 0.1) is 0 Å². The van der Waals surface area contributed by atoms with Crippen molar-refractivity contribution in [3.63, 3.8) is 0 Å². The number of para-hydroxylation sites is 4. The number of furan rings is 2. The molecule has 0 radical (unpaired) electrons. The van der Waals surface area contributed by atoms with Crippen molar-refractivity contribution < 1.29 is 8.83 Å². The van der Waals surface area contributed by atoms with E-state index in [0.29, 0.717) is 0 Å². The Kier molecular flexibility index (Phi) is 4.83. The lowest BCUT2D eigenvalue weighted by atomic mass is 10.0. The van der Waals surface area contributed by atoms with Crippen molar-refractivity contribution in [2.75, 3.05) is 0 Å². The lowest BCUT2D eigenvalue weighted by Gasteiger charge is -2.28. The van der Waals surface area contributed by atoms with Gasteiger partial charge in [0.2, 0.25) is 0 Å². The number of nitrogens with zero attached hydrogens (tertiary/aromatic N) is 2. The van der Waals surface area contributed by atoms with Crippen LogP contribution in [-0.2, 0) is 0 Å². The van der Waals surface area contributed by atoms with E-state index in [0.717, 1.165) is 88.5 Å². The van der Waals surface area contributed by atoms with Gasteiger partial charge in [-0.15, -0.1) is 0 Å². The summed E-state index contributed by atoms with van der Waals surface area (Å²) in [5.74, 6) is 0.833. The molecule has 1 aliphatic carbocycles. The molecule has 5 heteroatoms. The highest BCUT2D eigenvalue weighted by molar-refractivity contribution is 6.27. The van der Waals surface area contributed by atoms with E-state index in [1.807, 2.05) is 24.3 Å². The number of rotatable bonds is 2. The molecule has 0 spiro atoms. The molecule has 47 heavy (non-hydrogen) atoms. The van der Waals surface area contributed by atoms with Crippen LogP contribution in [0.4, 0.5) is 0 Å². The summed E-state index contributed by atoms with van der Waals surface area (Å²) in [4.78, 5) is 5.42. The first kappa shape index (κ1) is 24.9. The van der Waals surface area contributed by atoms with Gasteiger partial charge in [-0.2, -0.15) is 0 Å². The van der Waals surface area contributed by atoms with Crippen LogP contribution in [0.15, 0.2) is 153 Å².